The van der Waals surface area contributed by atoms with E-state index in [2.05, 4.69) is 4.72 Å². The third kappa shape index (κ3) is 3.53. The maximum atomic E-state index is 13.1. The first-order valence-corrected chi connectivity index (χ1v) is 7.83. The number of hydrogen-bond acceptors (Lipinski definition) is 3. The molecule has 0 aliphatic carbocycles. The first-order valence-electron chi connectivity index (χ1n) is 6.35. The van der Waals surface area contributed by atoms with Crippen molar-refractivity contribution in [3.05, 3.63) is 29.8 Å². The Morgan fingerprint density at radius 3 is 2.50 bits per heavy atom. The van der Waals surface area contributed by atoms with Gasteiger partial charge >= 0.3 is 0 Å². The van der Waals surface area contributed by atoms with Gasteiger partial charge in [0.05, 0.1) is 4.90 Å². The standard InChI is InChI=1S/C13H17F2NO3S/c1-13(4-6-19-7-5-13)9-16-20(17,18)10-2-3-11(14)12(15)8-10/h2-3,8,16H,4-7,9H2,1H3. The van der Waals surface area contributed by atoms with Crippen molar-refractivity contribution in [3.63, 3.8) is 0 Å². The van der Waals surface area contributed by atoms with Crippen LogP contribution >= 0.6 is 0 Å². The van der Waals surface area contributed by atoms with Gasteiger partial charge in [-0.15, -0.1) is 0 Å². The van der Waals surface area contributed by atoms with Crippen LogP contribution in [0.25, 0.3) is 0 Å². The molecule has 0 radical (unpaired) electrons. The number of halogens is 2. The van der Waals surface area contributed by atoms with Crippen LogP contribution in [-0.4, -0.2) is 28.2 Å². The zero-order chi connectivity index (χ0) is 14.8. The summed E-state index contributed by atoms with van der Waals surface area (Å²) in [5.41, 5.74) is -0.177. The molecule has 1 fully saturated rings. The lowest BCUT2D eigenvalue weighted by atomic mass is 9.83. The summed E-state index contributed by atoms with van der Waals surface area (Å²) in [4.78, 5) is -0.271. The number of ether oxygens (including phenoxy) is 1. The van der Waals surface area contributed by atoms with Gasteiger partial charge < -0.3 is 4.74 Å². The Hall–Kier alpha value is -1.05. The summed E-state index contributed by atoms with van der Waals surface area (Å²) in [6.45, 7) is 3.42. The summed E-state index contributed by atoms with van der Waals surface area (Å²) in [7, 11) is -3.83. The van der Waals surface area contributed by atoms with Gasteiger partial charge in [0.2, 0.25) is 10.0 Å². The molecule has 1 aromatic rings. The Morgan fingerprint density at radius 1 is 1.25 bits per heavy atom. The molecule has 4 nitrogen and oxygen atoms in total. The Balaban J connectivity index is 2.09. The molecule has 1 aromatic carbocycles. The molecule has 0 unspecified atom stereocenters. The molecule has 1 N–H and O–H groups in total. The minimum atomic E-state index is -3.83. The minimum absolute atomic E-state index is 0.177. The Morgan fingerprint density at radius 2 is 1.90 bits per heavy atom. The topological polar surface area (TPSA) is 55.4 Å². The highest BCUT2D eigenvalue weighted by molar-refractivity contribution is 7.89. The molecule has 2 rings (SSSR count). The van der Waals surface area contributed by atoms with Gasteiger partial charge in [-0.25, -0.2) is 21.9 Å². The van der Waals surface area contributed by atoms with Gasteiger partial charge in [0.25, 0.3) is 0 Å². The Labute approximate surface area is 117 Å². The molecule has 1 saturated heterocycles. The van der Waals surface area contributed by atoms with Crippen molar-refractivity contribution in [1.29, 1.82) is 0 Å². The fraction of sp³-hybridized carbons (Fsp3) is 0.538. The zero-order valence-electron chi connectivity index (χ0n) is 11.2. The predicted octanol–water partition coefficient (Wildman–Crippen LogP) is 2.06. The van der Waals surface area contributed by atoms with Crippen LogP contribution in [0.4, 0.5) is 8.78 Å². The summed E-state index contributed by atoms with van der Waals surface area (Å²) in [5, 5.41) is 0. The van der Waals surface area contributed by atoms with E-state index in [1.807, 2.05) is 6.92 Å². The molecule has 0 amide bonds. The van der Waals surface area contributed by atoms with Crippen molar-refractivity contribution in [2.45, 2.75) is 24.7 Å². The minimum Gasteiger partial charge on any atom is -0.381 e. The highest BCUT2D eigenvalue weighted by Gasteiger charge is 2.29. The van der Waals surface area contributed by atoms with E-state index in [9.17, 15) is 17.2 Å². The first-order chi connectivity index (χ1) is 9.32. The van der Waals surface area contributed by atoms with Gasteiger partial charge in [0.15, 0.2) is 11.6 Å². The van der Waals surface area contributed by atoms with Gasteiger partial charge in [-0.1, -0.05) is 6.92 Å². The van der Waals surface area contributed by atoms with Crippen LogP contribution in [0.15, 0.2) is 23.1 Å². The molecule has 7 heteroatoms. The molecule has 0 saturated carbocycles. The number of nitrogens with one attached hydrogen (secondary N) is 1. The molecule has 0 aromatic heterocycles. The SMILES string of the molecule is CC1(CNS(=O)(=O)c2ccc(F)c(F)c2)CCOCC1. The molecular weight excluding hydrogens is 288 g/mol. The molecule has 1 heterocycles. The van der Waals surface area contributed by atoms with Crippen molar-refractivity contribution in [2.24, 2.45) is 5.41 Å². The third-order valence-corrected chi connectivity index (χ3v) is 4.99. The number of hydrogen-bond donors (Lipinski definition) is 1. The average molecular weight is 305 g/mol. The molecule has 20 heavy (non-hydrogen) atoms. The Kier molecular flexibility index (Phi) is 4.41. The van der Waals surface area contributed by atoms with E-state index in [0.29, 0.717) is 19.3 Å². The third-order valence-electron chi connectivity index (χ3n) is 3.59. The van der Waals surface area contributed by atoms with E-state index >= 15 is 0 Å². The van der Waals surface area contributed by atoms with Crippen LogP contribution in [0.3, 0.4) is 0 Å². The zero-order valence-corrected chi connectivity index (χ0v) is 12.0. The second-order valence-electron chi connectivity index (χ2n) is 5.32. The highest BCUT2D eigenvalue weighted by Crippen LogP contribution is 2.29. The summed E-state index contributed by atoms with van der Waals surface area (Å²) in [6, 6.07) is 2.54. The maximum Gasteiger partial charge on any atom is 0.240 e. The summed E-state index contributed by atoms with van der Waals surface area (Å²) in [6.07, 6.45) is 1.51. The quantitative estimate of drug-likeness (QED) is 0.926. The van der Waals surface area contributed by atoms with Crippen molar-refractivity contribution < 1.29 is 21.9 Å². The van der Waals surface area contributed by atoms with Crippen LogP contribution in [0.2, 0.25) is 0 Å². The first kappa shape index (κ1) is 15.3. The monoisotopic (exact) mass is 305 g/mol. The molecule has 0 spiro atoms. The van der Waals surface area contributed by atoms with E-state index in [-0.39, 0.29) is 16.9 Å². The van der Waals surface area contributed by atoms with Crippen molar-refractivity contribution >= 4 is 10.0 Å². The molecular formula is C13H17F2NO3S. The van der Waals surface area contributed by atoms with Gasteiger partial charge in [0, 0.05) is 19.8 Å². The van der Waals surface area contributed by atoms with Gasteiger partial charge in [-0.2, -0.15) is 0 Å². The van der Waals surface area contributed by atoms with Crippen LogP contribution in [0, 0.1) is 17.0 Å². The molecule has 112 valence electrons. The van der Waals surface area contributed by atoms with Crippen molar-refractivity contribution in [2.75, 3.05) is 19.8 Å². The van der Waals surface area contributed by atoms with E-state index in [1.54, 1.807) is 0 Å². The second kappa shape index (κ2) is 5.75. The summed E-state index contributed by atoms with van der Waals surface area (Å²) >= 11 is 0. The average Bonchev–Trinajstić information content (AvgIpc) is 2.41. The smallest absolute Gasteiger partial charge is 0.240 e. The van der Waals surface area contributed by atoms with Crippen LogP contribution < -0.4 is 4.72 Å². The highest BCUT2D eigenvalue weighted by atomic mass is 32.2. The summed E-state index contributed by atoms with van der Waals surface area (Å²) in [5.74, 6) is -2.24. The largest absolute Gasteiger partial charge is 0.381 e. The number of sulfonamides is 1. The normalized spacial score (nSPS) is 18.9. The van der Waals surface area contributed by atoms with Crippen LogP contribution in [-0.2, 0) is 14.8 Å². The maximum absolute atomic E-state index is 13.1. The van der Waals surface area contributed by atoms with E-state index in [1.165, 1.54) is 0 Å². The van der Waals surface area contributed by atoms with Gasteiger partial charge in [-0.3, -0.25) is 0 Å². The lowest BCUT2D eigenvalue weighted by Crippen LogP contribution is -2.39. The predicted molar refractivity (Wildman–Crippen MR) is 69.7 cm³/mol. The second-order valence-corrected chi connectivity index (χ2v) is 7.09. The fourth-order valence-corrected chi connectivity index (χ4v) is 3.25. The number of rotatable bonds is 4. The van der Waals surface area contributed by atoms with E-state index in [4.69, 9.17) is 4.74 Å². The lowest BCUT2D eigenvalue weighted by molar-refractivity contribution is 0.0264. The van der Waals surface area contributed by atoms with E-state index < -0.39 is 21.7 Å². The fourth-order valence-electron chi connectivity index (χ4n) is 2.04. The van der Waals surface area contributed by atoms with Crippen molar-refractivity contribution in [1.82, 2.24) is 4.72 Å². The molecule has 0 atom stereocenters. The van der Waals surface area contributed by atoms with Crippen molar-refractivity contribution in [3.8, 4) is 0 Å². The summed E-state index contributed by atoms with van der Waals surface area (Å²) < 4.78 is 57.7. The Bertz CT molecular complexity index is 583. The molecule has 1 aliphatic heterocycles. The van der Waals surface area contributed by atoms with Crippen LogP contribution in [0.1, 0.15) is 19.8 Å². The van der Waals surface area contributed by atoms with Gasteiger partial charge in [-0.05, 0) is 36.5 Å². The lowest BCUT2D eigenvalue weighted by Gasteiger charge is -2.33. The van der Waals surface area contributed by atoms with E-state index in [0.717, 1.165) is 25.0 Å². The molecule has 1 aliphatic rings. The molecule has 0 bridgehead atoms. The van der Waals surface area contributed by atoms with Crippen LogP contribution in [0.5, 0.6) is 0 Å². The number of benzene rings is 1. The van der Waals surface area contributed by atoms with Gasteiger partial charge in [0.1, 0.15) is 0 Å².